The monoisotopic (exact) mass is 430 g/mol. The van der Waals surface area contributed by atoms with Crippen molar-refractivity contribution in [3.8, 4) is 5.75 Å². The Kier molecular flexibility index (Phi) is 6.02. The number of nitrogens with zero attached hydrogens (tertiary/aromatic N) is 2. The van der Waals surface area contributed by atoms with Gasteiger partial charge in [-0.3, -0.25) is 4.79 Å². The van der Waals surface area contributed by atoms with Gasteiger partial charge in [-0.25, -0.2) is 4.98 Å². The normalized spacial score (nSPS) is 10.6. The summed E-state index contributed by atoms with van der Waals surface area (Å²) in [6, 6.07) is 13.0. The zero-order valence-electron chi connectivity index (χ0n) is 12.3. The van der Waals surface area contributed by atoms with Crippen molar-refractivity contribution in [2.75, 3.05) is 11.5 Å². The molecule has 6 heteroatoms. The summed E-state index contributed by atoms with van der Waals surface area (Å²) in [7, 11) is 0. The number of pyridine rings is 1. The van der Waals surface area contributed by atoms with E-state index < -0.39 is 0 Å². The Hall–Kier alpha value is -1.34. The van der Waals surface area contributed by atoms with E-state index in [0.29, 0.717) is 14.6 Å². The van der Waals surface area contributed by atoms with Crippen molar-refractivity contribution in [2.45, 2.75) is 19.9 Å². The highest BCUT2D eigenvalue weighted by Crippen LogP contribution is 2.22. The standard InChI is InChI=1S/C16H16ClIN2O2/c1-11(2)20(12-6-4-3-5-7-12)15(21)10-22-13-8-9-14(17)19-16(13)18/h3-9,11H,10H2,1-2H3. The quantitative estimate of drug-likeness (QED) is 0.528. The lowest BCUT2D eigenvalue weighted by molar-refractivity contribution is -0.120. The summed E-state index contributed by atoms with van der Waals surface area (Å²) in [5.41, 5.74) is 0.857. The summed E-state index contributed by atoms with van der Waals surface area (Å²) < 4.78 is 6.22. The molecular weight excluding hydrogens is 415 g/mol. The van der Waals surface area contributed by atoms with E-state index in [9.17, 15) is 4.79 Å². The Bertz CT molecular complexity index is 650. The third-order valence-corrected chi connectivity index (χ3v) is 3.93. The summed E-state index contributed by atoms with van der Waals surface area (Å²) in [6.07, 6.45) is 0. The number of para-hydroxylation sites is 1. The van der Waals surface area contributed by atoms with Crippen LogP contribution in [-0.4, -0.2) is 23.5 Å². The van der Waals surface area contributed by atoms with Gasteiger partial charge in [0.15, 0.2) is 12.4 Å². The Morgan fingerprint density at radius 3 is 2.55 bits per heavy atom. The molecule has 0 spiro atoms. The van der Waals surface area contributed by atoms with Gasteiger partial charge in [-0.05, 0) is 60.7 Å². The first kappa shape index (κ1) is 17.0. The van der Waals surface area contributed by atoms with E-state index in [-0.39, 0.29) is 18.6 Å². The van der Waals surface area contributed by atoms with Crippen LogP contribution >= 0.6 is 34.2 Å². The first-order valence-electron chi connectivity index (χ1n) is 6.81. The number of anilines is 1. The highest BCUT2D eigenvalue weighted by Gasteiger charge is 2.19. The molecule has 0 atom stereocenters. The number of benzene rings is 1. The molecule has 0 N–H and O–H groups in total. The van der Waals surface area contributed by atoms with Crippen molar-refractivity contribution in [1.29, 1.82) is 0 Å². The molecule has 1 heterocycles. The maximum absolute atomic E-state index is 12.5. The fraction of sp³-hybridized carbons (Fsp3) is 0.250. The fourth-order valence-corrected chi connectivity index (χ4v) is 2.92. The van der Waals surface area contributed by atoms with Crippen LogP contribution in [0.3, 0.4) is 0 Å². The molecule has 0 bridgehead atoms. The van der Waals surface area contributed by atoms with Crippen molar-refractivity contribution in [1.82, 2.24) is 4.98 Å². The van der Waals surface area contributed by atoms with Gasteiger partial charge in [0.25, 0.3) is 5.91 Å². The van der Waals surface area contributed by atoms with Crippen LogP contribution < -0.4 is 9.64 Å². The topological polar surface area (TPSA) is 42.4 Å². The number of halogens is 2. The summed E-state index contributed by atoms with van der Waals surface area (Å²) in [4.78, 5) is 18.3. The van der Waals surface area contributed by atoms with Crippen LogP contribution in [0.15, 0.2) is 42.5 Å². The first-order valence-corrected chi connectivity index (χ1v) is 8.26. The number of hydrogen-bond acceptors (Lipinski definition) is 3. The molecule has 4 nitrogen and oxygen atoms in total. The van der Waals surface area contributed by atoms with Gasteiger partial charge in [-0.15, -0.1) is 0 Å². The molecule has 22 heavy (non-hydrogen) atoms. The molecule has 1 aromatic carbocycles. The average Bonchev–Trinajstić information content (AvgIpc) is 2.47. The van der Waals surface area contributed by atoms with E-state index in [4.69, 9.17) is 16.3 Å². The summed E-state index contributed by atoms with van der Waals surface area (Å²) in [5, 5.41) is 0.399. The molecule has 0 fully saturated rings. The Morgan fingerprint density at radius 1 is 1.27 bits per heavy atom. The van der Waals surface area contributed by atoms with Crippen LogP contribution in [0.2, 0.25) is 5.15 Å². The zero-order chi connectivity index (χ0) is 16.1. The van der Waals surface area contributed by atoms with Crippen LogP contribution in [0.4, 0.5) is 5.69 Å². The highest BCUT2D eigenvalue weighted by molar-refractivity contribution is 14.1. The van der Waals surface area contributed by atoms with Gasteiger partial charge in [-0.2, -0.15) is 0 Å². The molecule has 2 rings (SSSR count). The third kappa shape index (κ3) is 4.33. The van der Waals surface area contributed by atoms with Gasteiger partial charge in [0.2, 0.25) is 0 Å². The predicted molar refractivity (Wildman–Crippen MR) is 96.5 cm³/mol. The van der Waals surface area contributed by atoms with Crippen molar-refractivity contribution >= 4 is 45.8 Å². The van der Waals surface area contributed by atoms with Crippen LogP contribution in [-0.2, 0) is 4.79 Å². The van der Waals surface area contributed by atoms with Gasteiger partial charge in [0, 0.05) is 11.7 Å². The van der Waals surface area contributed by atoms with Crippen LogP contribution in [0, 0.1) is 3.70 Å². The van der Waals surface area contributed by atoms with E-state index >= 15 is 0 Å². The molecule has 0 aliphatic carbocycles. The summed E-state index contributed by atoms with van der Waals surface area (Å²) in [6.45, 7) is 3.89. The van der Waals surface area contributed by atoms with Crippen LogP contribution in [0.1, 0.15) is 13.8 Å². The minimum Gasteiger partial charge on any atom is -0.481 e. The fourth-order valence-electron chi connectivity index (χ4n) is 2.03. The minimum atomic E-state index is -0.105. The van der Waals surface area contributed by atoms with Crippen molar-refractivity contribution in [2.24, 2.45) is 0 Å². The second-order valence-corrected chi connectivity index (χ2v) is 6.31. The second-order valence-electron chi connectivity index (χ2n) is 4.90. The Morgan fingerprint density at radius 2 is 1.95 bits per heavy atom. The number of amides is 1. The molecule has 1 amide bonds. The average molecular weight is 431 g/mol. The zero-order valence-corrected chi connectivity index (χ0v) is 15.2. The molecule has 1 aromatic heterocycles. The van der Waals surface area contributed by atoms with Crippen LogP contribution in [0.25, 0.3) is 0 Å². The predicted octanol–water partition coefficient (Wildman–Crippen LogP) is 4.16. The van der Waals surface area contributed by atoms with Gasteiger partial charge in [-0.1, -0.05) is 29.8 Å². The third-order valence-electron chi connectivity index (χ3n) is 2.95. The maximum atomic E-state index is 12.5. The lowest BCUT2D eigenvalue weighted by Crippen LogP contribution is -2.40. The molecule has 0 aliphatic rings. The van der Waals surface area contributed by atoms with Crippen molar-refractivity contribution < 1.29 is 9.53 Å². The van der Waals surface area contributed by atoms with Gasteiger partial charge in [0.05, 0.1) is 0 Å². The van der Waals surface area contributed by atoms with Gasteiger partial charge in [0.1, 0.15) is 8.85 Å². The molecule has 2 aromatic rings. The number of ether oxygens (including phenoxy) is 1. The lowest BCUT2D eigenvalue weighted by atomic mass is 10.2. The van der Waals surface area contributed by atoms with Gasteiger partial charge < -0.3 is 9.64 Å². The van der Waals surface area contributed by atoms with E-state index in [1.165, 1.54) is 0 Å². The van der Waals surface area contributed by atoms with E-state index in [1.54, 1.807) is 17.0 Å². The Labute approximate surface area is 148 Å². The number of aromatic nitrogens is 1. The Balaban J connectivity index is 2.09. The lowest BCUT2D eigenvalue weighted by Gasteiger charge is -2.26. The molecule has 0 saturated carbocycles. The van der Waals surface area contributed by atoms with Crippen molar-refractivity contribution in [3.63, 3.8) is 0 Å². The molecule has 0 radical (unpaired) electrons. The molecule has 0 saturated heterocycles. The first-order chi connectivity index (χ1) is 10.5. The van der Waals surface area contributed by atoms with E-state index in [1.807, 2.05) is 66.8 Å². The SMILES string of the molecule is CC(C)N(C(=O)COc1ccc(Cl)nc1I)c1ccccc1. The molecule has 0 aliphatic heterocycles. The number of carbonyl (C=O) groups excluding carboxylic acids is 1. The van der Waals surface area contributed by atoms with Gasteiger partial charge >= 0.3 is 0 Å². The molecule has 0 unspecified atom stereocenters. The summed E-state index contributed by atoms with van der Waals surface area (Å²) >= 11 is 7.83. The molecule has 116 valence electrons. The maximum Gasteiger partial charge on any atom is 0.265 e. The number of rotatable bonds is 5. The summed E-state index contributed by atoms with van der Waals surface area (Å²) in [5.74, 6) is 0.446. The molecular formula is C16H16ClIN2O2. The smallest absolute Gasteiger partial charge is 0.265 e. The largest absolute Gasteiger partial charge is 0.481 e. The highest BCUT2D eigenvalue weighted by atomic mass is 127. The van der Waals surface area contributed by atoms with Crippen LogP contribution in [0.5, 0.6) is 5.75 Å². The van der Waals surface area contributed by atoms with E-state index in [2.05, 4.69) is 4.98 Å². The minimum absolute atomic E-state index is 0.0425. The van der Waals surface area contributed by atoms with Crippen molar-refractivity contribution in [3.05, 3.63) is 51.3 Å². The number of hydrogen-bond donors (Lipinski definition) is 0. The second kappa shape index (κ2) is 7.78. The number of carbonyl (C=O) groups is 1. The van der Waals surface area contributed by atoms with E-state index in [0.717, 1.165) is 5.69 Å².